The number of Topliss-reactive ketones (excluding diaryl/α,β-unsaturated/α-hetero) is 1. The number of ether oxygens (including phenoxy) is 1. The van der Waals surface area contributed by atoms with Gasteiger partial charge in [0.1, 0.15) is 11.5 Å². The Morgan fingerprint density at radius 2 is 2.06 bits per heavy atom. The summed E-state index contributed by atoms with van der Waals surface area (Å²) < 4.78 is 5.15. The Kier molecular flexibility index (Phi) is 4.37. The number of hydrogen-bond donors (Lipinski definition) is 0. The van der Waals surface area contributed by atoms with Crippen LogP contribution in [0.4, 0.5) is 0 Å². The number of hydrogen-bond acceptors (Lipinski definition) is 3. The number of methoxy groups -OCH3 is 1. The van der Waals surface area contributed by atoms with Crippen LogP contribution >= 0.6 is 0 Å². The minimum Gasteiger partial charge on any atom is -0.497 e. The second-order valence-electron chi connectivity index (χ2n) is 4.90. The first-order valence-electron chi connectivity index (χ1n) is 6.61. The fourth-order valence-electron chi connectivity index (χ4n) is 2.47. The van der Waals surface area contributed by atoms with Crippen molar-refractivity contribution in [1.29, 1.82) is 0 Å². The van der Waals surface area contributed by atoms with Crippen molar-refractivity contribution in [3.63, 3.8) is 0 Å². The molecular weight excluding hydrogens is 226 g/mol. The van der Waals surface area contributed by atoms with Crippen LogP contribution in [0.25, 0.3) is 0 Å². The highest BCUT2D eigenvalue weighted by Crippen LogP contribution is 2.19. The van der Waals surface area contributed by atoms with E-state index in [1.54, 1.807) is 7.11 Å². The molecule has 1 aromatic rings. The minimum absolute atomic E-state index is 0.233. The summed E-state index contributed by atoms with van der Waals surface area (Å²) in [5.74, 6) is 1.56. The molecule has 0 aliphatic carbocycles. The molecule has 0 bridgehead atoms. The molecule has 1 heterocycles. The summed E-state index contributed by atoms with van der Waals surface area (Å²) >= 11 is 0. The van der Waals surface area contributed by atoms with Crippen molar-refractivity contribution in [3.05, 3.63) is 29.8 Å². The summed E-state index contributed by atoms with van der Waals surface area (Å²) in [6, 6.07) is 8.16. The molecule has 2 rings (SSSR count). The van der Waals surface area contributed by atoms with E-state index >= 15 is 0 Å². The van der Waals surface area contributed by atoms with Crippen molar-refractivity contribution in [2.75, 3.05) is 20.2 Å². The number of ketones is 1. The number of nitrogens with zero attached hydrogens (tertiary/aromatic N) is 1. The van der Waals surface area contributed by atoms with Crippen LogP contribution in [-0.4, -0.2) is 30.9 Å². The van der Waals surface area contributed by atoms with Gasteiger partial charge in [-0.3, -0.25) is 9.69 Å². The topological polar surface area (TPSA) is 29.5 Å². The molecule has 0 radical (unpaired) electrons. The fourth-order valence-corrected chi connectivity index (χ4v) is 2.47. The predicted octanol–water partition coefficient (Wildman–Crippen LogP) is 2.50. The maximum atomic E-state index is 11.7. The van der Waals surface area contributed by atoms with E-state index in [4.69, 9.17) is 4.74 Å². The molecule has 0 spiro atoms. The Morgan fingerprint density at radius 3 is 2.67 bits per heavy atom. The molecule has 3 heteroatoms. The molecule has 1 atom stereocenters. The minimum atomic E-state index is 0.233. The first-order valence-corrected chi connectivity index (χ1v) is 6.61. The maximum Gasteiger partial charge on any atom is 0.138 e. The average Bonchev–Trinajstić information content (AvgIpc) is 2.42. The number of likely N-dealkylation sites (tertiary alicyclic amines) is 1. The molecule has 18 heavy (non-hydrogen) atoms. The third-order valence-electron chi connectivity index (χ3n) is 3.67. The van der Waals surface area contributed by atoms with Gasteiger partial charge in [-0.15, -0.1) is 0 Å². The zero-order chi connectivity index (χ0) is 13.0. The van der Waals surface area contributed by atoms with E-state index in [9.17, 15) is 4.79 Å². The lowest BCUT2D eigenvalue weighted by atomic mass is 9.94. The van der Waals surface area contributed by atoms with Crippen LogP contribution in [0.15, 0.2) is 24.3 Å². The highest BCUT2D eigenvalue weighted by Gasteiger charge is 2.25. The third-order valence-corrected chi connectivity index (χ3v) is 3.67. The van der Waals surface area contributed by atoms with E-state index in [0.717, 1.165) is 31.8 Å². The van der Waals surface area contributed by atoms with E-state index in [1.165, 1.54) is 5.56 Å². The summed E-state index contributed by atoms with van der Waals surface area (Å²) in [7, 11) is 1.68. The Bertz CT molecular complexity index is 399. The van der Waals surface area contributed by atoms with E-state index in [2.05, 4.69) is 24.0 Å². The van der Waals surface area contributed by atoms with Gasteiger partial charge in [0.15, 0.2) is 0 Å². The predicted molar refractivity (Wildman–Crippen MR) is 71.7 cm³/mol. The van der Waals surface area contributed by atoms with Crippen molar-refractivity contribution in [2.45, 2.75) is 26.3 Å². The van der Waals surface area contributed by atoms with Crippen LogP contribution in [-0.2, 0) is 11.3 Å². The van der Waals surface area contributed by atoms with Crippen LogP contribution in [0.5, 0.6) is 5.75 Å². The highest BCUT2D eigenvalue weighted by atomic mass is 16.5. The van der Waals surface area contributed by atoms with Crippen molar-refractivity contribution in [3.8, 4) is 5.75 Å². The van der Waals surface area contributed by atoms with Crippen LogP contribution in [0, 0.1) is 5.92 Å². The lowest BCUT2D eigenvalue weighted by Gasteiger charge is -2.31. The molecule has 0 saturated carbocycles. The molecule has 3 nitrogen and oxygen atoms in total. The van der Waals surface area contributed by atoms with E-state index in [0.29, 0.717) is 12.2 Å². The smallest absolute Gasteiger partial charge is 0.138 e. The van der Waals surface area contributed by atoms with Crippen molar-refractivity contribution < 1.29 is 9.53 Å². The largest absolute Gasteiger partial charge is 0.497 e. The number of carbonyl (C=O) groups excluding carboxylic acids is 1. The van der Waals surface area contributed by atoms with E-state index in [-0.39, 0.29) is 5.92 Å². The van der Waals surface area contributed by atoms with Crippen LogP contribution < -0.4 is 4.74 Å². The number of rotatable bonds is 4. The monoisotopic (exact) mass is 247 g/mol. The van der Waals surface area contributed by atoms with Gasteiger partial charge in [-0.1, -0.05) is 19.1 Å². The van der Waals surface area contributed by atoms with Crippen molar-refractivity contribution >= 4 is 5.78 Å². The summed E-state index contributed by atoms with van der Waals surface area (Å²) in [5.41, 5.74) is 1.28. The molecule has 1 aliphatic rings. The lowest BCUT2D eigenvalue weighted by molar-refractivity contribution is -0.126. The molecule has 1 unspecified atom stereocenters. The molecule has 1 aromatic carbocycles. The van der Waals surface area contributed by atoms with E-state index < -0.39 is 0 Å². The molecule has 0 amide bonds. The Labute approximate surface area is 109 Å². The zero-order valence-corrected chi connectivity index (χ0v) is 11.2. The summed E-state index contributed by atoms with van der Waals surface area (Å²) in [5, 5.41) is 0. The molecular formula is C15H21NO2. The normalized spacial score (nSPS) is 21.0. The highest BCUT2D eigenvalue weighted by molar-refractivity contribution is 5.82. The van der Waals surface area contributed by atoms with Gasteiger partial charge < -0.3 is 4.74 Å². The zero-order valence-electron chi connectivity index (χ0n) is 11.2. The van der Waals surface area contributed by atoms with E-state index in [1.807, 2.05) is 12.1 Å². The lowest BCUT2D eigenvalue weighted by Crippen LogP contribution is -2.40. The first kappa shape index (κ1) is 13.1. The third kappa shape index (κ3) is 3.10. The quantitative estimate of drug-likeness (QED) is 0.818. The fraction of sp³-hybridized carbons (Fsp3) is 0.533. The Balaban J connectivity index is 1.94. The van der Waals surface area contributed by atoms with Crippen LogP contribution in [0.3, 0.4) is 0 Å². The number of benzene rings is 1. The number of carbonyl (C=O) groups is 1. The summed E-state index contributed by atoms with van der Waals surface area (Å²) in [6.45, 7) is 4.82. The molecule has 98 valence electrons. The Morgan fingerprint density at radius 1 is 1.33 bits per heavy atom. The Hall–Kier alpha value is -1.35. The van der Waals surface area contributed by atoms with Crippen molar-refractivity contribution in [2.24, 2.45) is 5.92 Å². The van der Waals surface area contributed by atoms with Gasteiger partial charge in [0, 0.05) is 32.0 Å². The SMILES string of the molecule is CCC1CN(Cc2ccc(OC)cc2)CCC1=O. The number of piperidine rings is 1. The molecule has 1 saturated heterocycles. The summed E-state index contributed by atoms with van der Waals surface area (Å²) in [6.07, 6.45) is 1.66. The van der Waals surface area contributed by atoms with Gasteiger partial charge >= 0.3 is 0 Å². The molecule has 1 aliphatic heterocycles. The first-order chi connectivity index (χ1) is 8.72. The molecule has 1 fully saturated rings. The molecule has 0 N–H and O–H groups in total. The van der Waals surface area contributed by atoms with Gasteiger partial charge in [-0.05, 0) is 24.1 Å². The standard InChI is InChI=1S/C15H21NO2/c1-3-13-11-16(9-8-15(13)17)10-12-4-6-14(18-2)7-5-12/h4-7,13H,3,8-11H2,1-2H3. The molecule has 0 aromatic heterocycles. The van der Waals surface area contributed by atoms with Gasteiger partial charge in [0.25, 0.3) is 0 Å². The van der Waals surface area contributed by atoms with Gasteiger partial charge in [0.05, 0.1) is 7.11 Å². The van der Waals surface area contributed by atoms with Gasteiger partial charge in [0.2, 0.25) is 0 Å². The van der Waals surface area contributed by atoms with Crippen LogP contribution in [0.2, 0.25) is 0 Å². The maximum absolute atomic E-state index is 11.7. The van der Waals surface area contributed by atoms with Crippen LogP contribution in [0.1, 0.15) is 25.3 Å². The van der Waals surface area contributed by atoms with Gasteiger partial charge in [-0.2, -0.15) is 0 Å². The van der Waals surface area contributed by atoms with Crippen molar-refractivity contribution in [1.82, 2.24) is 4.90 Å². The summed E-state index contributed by atoms with van der Waals surface area (Å²) in [4.78, 5) is 14.0. The second kappa shape index (κ2) is 6.01. The second-order valence-corrected chi connectivity index (χ2v) is 4.90. The average molecular weight is 247 g/mol. The van der Waals surface area contributed by atoms with Gasteiger partial charge in [-0.25, -0.2) is 0 Å².